The van der Waals surface area contributed by atoms with E-state index in [9.17, 15) is 4.79 Å². The van der Waals surface area contributed by atoms with Crippen molar-refractivity contribution >= 4 is 37.5 Å². The van der Waals surface area contributed by atoms with Gasteiger partial charge in [0.25, 0.3) is 0 Å². The van der Waals surface area contributed by atoms with E-state index >= 15 is 0 Å². The fourth-order valence-electron chi connectivity index (χ4n) is 4.03. The number of nitrogens with one attached hydrogen (secondary N) is 1. The van der Waals surface area contributed by atoms with Crippen LogP contribution in [0.15, 0.2) is 24.5 Å². The molecule has 1 fully saturated rings. The molecule has 1 aliphatic rings. The topological polar surface area (TPSA) is 67.3 Å². The first kappa shape index (κ1) is 19.1. The van der Waals surface area contributed by atoms with Crippen molar-refractivity contribution in [2.45, 2.75) is 44.2 Å². The van der Waals surface area contributed by atoms with Crippen LogP contribution in [0, 0.1) is 0 Å². The number of likely N-dealkylation sites (N-methyl/N-ethyl adjacent to an activating group) is 1. The van der Waals surface area contributed by atoms with Gasteiger partial charge in [0.15, 0.2) is 0 Å². The standard InChI is InChI=1S/C21H26N4O2S/c1-22-17(26)11-13-5-4-6-16-18(13)19-20(23-12-24-21(19)28-16)27-15-9-7-14(8-10-15)25(2)3/h4-6,12,14-15H,7-11H2,1-3H3,(H,22,26)/t14-,15-. The molecule has 0 spiro atoms. The Morgan fingerprint density at radius 1 is 1.21 bits per heavy atom. The molecule has 7 heteroatoms. The zero-order valence-electron chi connectivity index (χ0n) is 16.6. The van der Waals surface area contributed by atoms with Gasteiger partial charge in [-0.15, -0.1) is 11.3 Å². The largest absolute Gasteiger partial charge is 0.474 e. The van der Waals surface area contributed by atoms with E-state index in [1.807, 2.05) is 12.1 Å². The maximum atomic E-state index is 12.0. The Bertz CT molecular complexity index is 993. The summed E-state index contributed by atoms with van der Waals surface area (Å²) >= 11 is 1.62. The number of carbonyl (C=O) groups excluding carboxylic acids is 1. The Hall–Kier alpha value is -2.25. The van der Waals surface area contributed by atoms with Crippen LogP contribution < -0.4 is 10.1 Å². The predicted molar refractivity (Wildman–Crippen MR) is 113 cm³/mol. The van der Waals surface area contributed by atoms with Crippen molar-refractivity contribution < 1.29 is 9.53 Å². The second kappa shape index (κ2) is 8.01. The van der Waals surface area contributed by atoms with E-state index in [0.717, 1.165) is 51.5 Å². The Kier molecular flexibility index (Phi) is 5.46. The fourth-order valence-corrected chi connectivity index (χ4v) is 5.11. The van der Waals surface area contributed by atoms with Crippen LogP contribution in [0.3, 0.4) is 0 Å². The Balaban J connectivity index is 1.69. The lowest BCUT2D eigenvalue weighted by atomic mass is 9.92. The van der Waals surface area contributed by atoms with Gasteiger partial charge < -0.3 is 15.0 Å². The lowest BCUT2D eigenvalue weighted by molar-refractivity contribution is -0.119. The molecule has 0 atom stereocenters. The molecule has 1 N–H and O–H groups in total. The first-order chi connectivity index (χ1) is 13.6. The van der Waals surface area contributed by atoms with E-state index < -0.39 is 0 Å². The van der Waals surface area contributed by atoms with Gasteiger partial charge in [0.1, 0.15) is 17.3 Å². The molecule has 1 saturated carbocycles. The van der Waals surface area contributed by atoms with E-state index in [1.165, 1.54) is 0 Å². The molecule has 3 aromatic rings. The number of thiophene rings is 1. The van der Waals surface area contributed by atoms with E-state index in [-0.39, 0.29) is 12.0 Å². The Morgan fingerprint density at radius 3 is 2.71 bits per heavy atom. The van der Waals surface area contributed by atoms with Crippen LogP contribution in [0.4, 0.5) is 0 Å². The SMILES string of the molecule is CNC(=O)Cc1cccc2sc3ncnc(O[C@H]4CC[C@H](N(C)C)CC4)c3c12. The summed E-state index contributed by atoms with van der Waals surface area (Å²) in [4.78, 5) is 24.2. The molecular weight excluding hydrogens is 372 g/mol. The summed E-state index contributed by atoms with van der Waals surface area (Å²) < 4.78 is 7.50. The summed E-state index contributed by atoms with van der Waals surface area (Å²) in [6.07, 6.45) is 6.42. The Labute approximate surface area is 168 Å². The van der Waals surface area contributed by atoms with Gasteiger partial charge in [-0.3, -0.25) is 4.79 Å². The zero-order chi connectivity index (χ0) is 19.7. The number of rotatable bonds is 5. The number of fused-ring (bicyclic) bond motifs is 3. The average Bonchev–Trinajstić information content (AvgIpc) is 3.09. The smallest absolute Gasteiger partial charge is 0.226 e. The molecule has 0 aliphatic heterocycles. The molecule has 6 nitrogen and oxygen atoms in total. The van der Waals surface area contributed by atoms with Crippen molar-refractivity contribution in [3.05, 3.63) is 30.1 Å². The van der Waals surface area contributed by atoms with Gasteiger partial charge in [-0.2, -0.15) is 0 Å². The second-order valence-electron chi connectivity index (χ2n) is 7.61. The number of hydrogen-bond donors (Lipinski definition) is 1. The number of amides is 1. The van der Waals surface area contributed by atoms with E-state index in [2.05, 4.69) is 40.3 Å². The van der Waals surface area contributed by atoms with Crippen LogP contribution in [0.25, 0.3) is 20.3 Å². The van der Waals surface area contributed by atoms with Gasteiger partial charge >= 0.3 is 0 Å². The first-order valence-corrected chi connectivity index (χ1v) is 10.6. The summed E-state index contributed by atoms with van der Waals surface area (Å²) in [7, 11) is 5.95. The van der Waals surface area contributed by atoms with Gasteiger partial charge in [-0.1, -0.05) is 12.1 Å². The molecular formula is C21H26N4O2S. The van der Waals surface area contributed by atoms with Gasteiger partial charge in [0.2, 0.25) is 11.8 Å². The third-order valence-corrected chi connectivity index (χ3v) is 6.69. The molecule has 1 aromatic carbocycles. The van der Waals surface area contributed by atoms with Crippen molar-refractivity contribution in [3.8, 4) is 5.88 Å². The normalized spacial score (nSPS) is 20.0. The molecule has 0 radical (unpaired) electrons. The highest BCUT2D eigenvalue weighted by Crippen LogP contribution is 2.40. The summed E-state index contributed by atoms with van der Waals surface area (Å²) in [6, 6.07) is 6.70. The molecule has 28 heavy (non-hydrogen) atoms. The zero-order valence-corrected chi connectivity index (χ0v) is 17.4. The second-order valence-corrected chi connectivity index (χ2v) is 8.64. The van der Waals surface area contributed by atoms with E-state index in [1.54, 1.807) is 24.7 Å². The maximum Gasteiger partial charge on any atom is 0.226 e. The Morgan fingerprint density at radius 2 is 2.00 bits per heavy atom. The van der Waals surface area contributed by atoms with Crippen LogP contribution in [0.1, 0.15) is 31.2 Å². The van der Waals surface area contributed by atoms with Gasteiger partial charge in [0.05, 0.1) is 11.8 Å². The molecule has 2 heterocycles. The lowest BCUT2D eigenvalue weighted by Crippen LogP contribution is -2.35. The molecule has 1 aliphatic carbocycles. The lowest BCUT2D eigenvalue weighted by Gasteiger charge is -2.32. The molecule has 0 saturated heterocycles. The third-order valence-electron chi connectivity index (χ3n) is 5.63. The fraction of sp³-hybridized carbons (Fsp3) is 0.476. The first-order valence-electron chi connectivity index (χ1n) is 9.75. The average molecular weight is 399 g/mol. The van der Waals surface area contributed by atoms with Crippen molar-refractivity contribution in [1.82, 2.24) is 20.2 Å². The number of aromatic nitrogens is 2. The quantitative estimate of drug-likeness (QED) is 0.714. The van der Waals surface area contributed by atoms with Crippen LogP contribution >= 0.6 is 11.3 Å². The minimum absolute atomic E-state index is 0.00632. The minimum atomic E-state index is -0.00632. The number of ether oxygens (including phenoxy) is 1. The molecule has 0 bridgehead atoms. The van der Waals surface area contributed by atoms with Gasteiger partial charge in [-0.25, -0.2) is 9.97 Å². The maximum absolute atomic E-state index is 12.0. The molecule has 0 unspecified atom stereocenters. The molecule has 2 aromatic heterocycles. The van der Waals surface area contributed by atoms with Crippen LogP contribution in [-0.2, 0) is 11.2 Å². The minimum Gasteiger partial charge on any atom is -0.474 e. The highest BCUT2D eigenvalue weighted by atomic mass is 32.1. The monoisotopic (exact) mass is 398 g/mol. The van der Waals surface area contributed by atoms with Crippen LogP contribution in [0.2, 0.25) is 0 Å². The van der Waals surface area contributed by atoms with Crippen molar-refractivity contribution in [2.75, 3.05) is 21.1 Å². The van der Waals surface area contributed by atoms with E-state index in [4.69, 9.17) is 4.74 Å². The highest BCUT2D eigenvalue weighted by Gasteiger charge is 2.25. The predicted octanol–water partition coefficient (Wildman–Crippen LogP) is 3.38. The molecule has 4 rings (SSSR count). The summed E-state index contributed by atoms with van der Waals surface area (Å²) in [5.74, 6) is 0.641. The third kappa shape index (κ3) is 3.69. The van der Waals surface area contributed by atoms with Gasteiger partial charge in [-0.05, 0) is 51.4 Å². The summed E-state index contributed by atoms with van der Waals surface area (Å²) in [5.41, 5.74) is 0.985. The number of hydrogen-bond acceptors (Lipinski definition) is 6. The van der Waals surface area contributed by atoms with Crippen molar-refractivity contribution in [3.63, 3.8) is 0 Å². The number of benzene rings is 1. The number of nitrogens with zero attached hydrogens (tertiary/aromatic N) is 3. The van der Waals surface area contributed by atoms with Crippen LogP contribution in [0.5, 0.6) is 5.88 Å². The van der Waals surface area contributed by atoms with Crippen LogP contribution in [-0.4, -0.2) is 54.1 Å². The summed E-state index contributed by atoms with van der Waals surface area (Å²) in [6.45, 7) is 0. The molecule has 148 valence electrons. The highest BCUT2D eigenvalue weighted by molar-refractivity contribution is 7.25. The molecule has 1 amide bonds. The van der Waals surface area contributed by atoms with Gasteiger partial charge in [0, 0.05) is 23.2 Å². The van der Waals surface area contributed by atoms with Crippen molar-refractivity contribution in [2.24, 2.45) is 0 Å². The number of carbonyl (C=O) groups is 1. The van der Waals surface area contributed by atoms with Crippen molar-refractivity contribution in [1.29, 1.82) is 0 Å². The van der Waals surface area contributed by atoms with E-state index in [0.29, 0.717) is 18.3 Å². The summed E-state index contributed by atoms with van der Waals surface area (Å²) in [5, 5.41) is 4.70.